The minimum absolute atomic E-state index is 0.0519. The molecule has 5 N–H and O–H groups in total. The van der Waals surface area contributed by atoms with Gasteiger partial charge in [-0.3, -0.25) is 19.2 Å². The smallest absolute Gasteiger partial charge is 0.303 e. The molecule has 0 spiro atoms. The van der Waals surface area contributed by atoms with Crippen LogP contribution in [0.4, 0.5) is 0 Å². The summed E-state index contributed by atoms with van der Waals surface area (Å²) in [5.41, 5.74) is 9.21. The van der Waals surface area contributed by atoms with Gasteiger partial charge in [0.2, 0.25) is 0 Å². The van der Waals surface area contributed by atoms with Crippen LogP contribution in [0, 0.1) is 13.8 Å². The van der Waals surface area contributed by atoms with Gasteiger partial charge in [-0.05, 0) is 105 Å². The number of carbonyl (C=O) groups is 4. The molecule has 43 heavy (non-hydrogen) atoms. The molecule has 0 aromatic carbocycles. The Hall–Kier alpha value is -4.73. The maximum Gasteiger partial charge on any atom is 0.303 e. The molecule has 10 heteroatoms. The zero-order valence-electron chi connectivity index (χ0n) is 25.4. The molecule has 2 aromatic heterocycles. The van der Waals surface area contributed by atoms with Crippen LogP contribution in [0.15, 0.2) is 33.0 Å². The fourth-order valence-electron chi connectivity index (χ4n) is 5.78. The summed E-state index contributed by atoms with van der Waals surface area (Å²) in [5.74, 6) is -2.23. The van der Waals surface area contributed by atoms with Crippen molar-refractivity contribution in [3.8, 4) is 0 Å². The van der Waals surface area contributed by atoms with Crippen molar-refractivity contribution >= 4 is 47.7 Å². The minimum atomic E-state index is -0.911. The van der Waals surface area contributed by atoms with Gasteiger partial charge in [-0.25, -0.2) is 4.99 Å². The second-order valence-electron chi connectivity index (χ2n) is 10.9. The molecule has 4 rings (SSSR count). The number of rotatable bonds is 11. The van der Waals surface area contributed by atoms with Gasteiger partial charge in [0.05, 0.1) is 5.71 Å². The van der Waals surface area contributed by atoms with Crippen LogP contribution in [0.25, 0.3) is 18.2 Å². The molecule has 0 aliphatic carbocycles. The Morgan fingerprint density at radius 2 is 1.37 bits per heavy atom. The van der Waals surface area contributed by atoms with E-state index in [9.17, 15) is 29.4 Å². The molecule has 2 aliphatic rings. The average molecular weight is 587 g/mol. The Bertz CT molecular complexity index is 1790. The minimum Gasteiger partial charge on any atom is -0.481 e. The van der Waals surface area contributed by atoms with Crippen molar-refractivity contribution in [2.24, 2.45) is 4.99 Å². The summed E-state index contributed by atoms with van der Waals surface area (Å²) in [7, 11) is 0. The molecule has 0 saturated heterocycles. The van der Waals surface area contributed by atoms with Crippen molar-refractivity contribution in [3.63, 3.8) is 0 Å². The van der Waals surface area contributed by atoms with E-state index in [2.05, 4.69) is 20.3 Å². The van der Waals surface area contributed by atoms with Gasteiger partial charge in [-0.1, -0.05) is 13.8 Å². The molecule has 0 radical (unpaired) electrons. The van der Waals surface area contributed by atoms with Gasteiger partial charge in [0, 0.05) is 51.8 Å². The van der Waals surface area contributed by atoms with Crippen molar-refractivity contribution in [2.45, 2.75) is 80.1 Å². The molecule has 2 amide bonds. The number of aromatic amines is 2. The number of carboxylic acids is 2. The summed E-state index contributed by atoms with van der Waals surface area (Å²) in [5, 5.41) is 23.2. The van der Waals surface area contributed by atoms with E-state index in [1.54, 1.807) is 13.8 Å². The maximum absolute atomic E-state index is 12.3. The zero-order valence-corrected chi connectivity index (χ0v) is 25.4. The third-order valence-corrected chi connectivity index (χ3v) is 8.32. The molecule has 10 nitrogen and oxygen atoms in total. The lowest BCUT2D eigenvalue weighted by Crippen LogP contribution is -2.15. The van der Waals surface area contributed by atoms with Crippen molar-refractivity contribution < 1.29 is 29.4 Å². The monoisotopic (exact) mass is 586 g/mol. The quantitative estimate of drug-likeness (QED) is 0.270. The first kappa shape index (κ1) is 31.2. The van der Waals surface area contributed by atoms with Gasteiger partial charge in [-0.15, -0.1) is 0 Å². The van der Waals surface area contributed by atoms with Crippen molar-refractivity contribution in [1.29, 1.82) is 0 Å². The molecule has 226 valence electrons. The van der Waals surface area contributed by atoms with E-state index in [1.807, 2.05) is 45.9 Å². The lowest BCUT2D eigenvalue weighted by atomic mass is 10.0. The molecule has 4 heterocycles. The number of aliphatic imine (C=N–C) groups is 1. The zero-order chi connectivity index (χ0) is 31.6. The Morgan fingerprint density at radius 1 is 0.744 bits per heavy atom. The van der Waals surface area contributed by atoms with Gasteiger partial charge in [-0.2, -0.15) is 0 Å². The Balaban J connectivity index is 1.89. The fraction of sp³-hybridized carbons (Fsp3) is 0.364. The number of hydrogen-bond donors (Lipinski definition) is 5. The van der Waals surface area contributed by atoms with E-state index in [4.69, 9.17) is 0 Å². The number of nitrogens with one attached hydrogen (secondary N) is 3. The van der Waals surface area contributed by atoms with Crippen molar-refractivity contribution in [1.82, 2.24) is 15.3 Å². The van der Waals surface area contributed by atoms with E-state index in [1.165, 1.54) is 0 Å². The number of hydrogen-bond acceptors (Lipinski definition) is 4. The van der Waals surface area contributed by atoms with E-state index >= 15 is 0 Å². The fourth-order valence-corrected chi connectivity index (χ4v) is 5.78. The summed E-state index contributed by atoms with van der Waals surface area (Å²) in [4.78, 5) is 58.6. The highest BCUT2D eigenvalue weighted by molar-refractivity contribution is 6.30. The lowest BCUT2D eigenvalue weighted by molar-refractivity contribution is -0.138. The number of aliphatic carboxylic acids is 2. The summed E-state index contributed by atoms with van der Waals surface area (Å²) in [6, 6.07) is 0. The van der Waals surface area contributed by atoms with Crippen molar-refractivity contribution in [2.75, 3.05) is 0 Å². The topological polar surface area (TPSA) is 165 Å². The third-order valence-electron chi connectivity index (χ3n) is 8.32. The van der Waals surface area contributed by atoms with Crippen molar-refractivity contribution in [3.05, 3.63) is 72.3 Å². The highest BCUT2D eigenvalue weighted by Gasteiger charge is 2.24. The summed E-state index contributed by atoms with van der Waals surface area (Å²) in [6.07, 6.45) is 7.40. The van der Waals surface area contributed by atoms with Crippen LogP contribution in [0.1, 0.15) is 87.0 Å². The van der Waals surface area contributed by atoms with E-state index in [0.29, 0.717) is 53.6 Å². The molecular weight excluding hydrogens is 548 g/mol. The van der Waals surface area contributed by atoms with E-state index in [-0.39, 0.29) is 24.7 Å². The van der Waals surface area contributed by atoms with Crippen LogP contribution in [0.2, 0.25) is 0 Å². The number of allylic oxidation sites excluding steroid dienone is 2. The third kappa shape index (κ3) is 6.38. The van der Waals surface area contributed by atoms with Gasteiger partial charge in [0.15, 0.2) is 0 Å². The predicted molar refractivity (Wildman–Crippen MR) is 165 cm³/mol. The van der Waals surface area contributed by atoms with Crippen LogP contribution in [0.3, 0.4) is 0 Å². The standard InChI is InChI=1S/C33H38N4O6/c1-7-20-18(5)32(42)36-26(20)14-28-22(9-11-30(38)39)16(3)24(34-28)13-25-17(4)23(10-12-31(40)41)29(35-25)15-27-21(8-2)19(6)33(43)37-27/h13-15,34-35H,7-12H2,1-6H3,(H,36,42)(H,38,39)(H,40,41)/b25-13-,26-14-,29-15+. The predicted octanol–water partition coefficient (Wildman–Crippen LogP) is 3.51. The normalized spacial score (nSPS) is 17.2. The first-order chi connectivity index (χ1) is 20.4. The molecule has 2 aliphatic heterocycles. The second-order valence-corrected chi connectivity index (χ2v) is 10.9. The lowest BCUT2D eigenvalue weighted by Gasteiger charge is -2.05. The van der Waals surface area contributed by atoms with Crippen LogP contribution >= 0.6 is 0 Å². The number of aromatic nitrogens is 2. The molecule has 0 saturated carbocycles. The number of H-pyrrole nitrogens is 2. The summed E-state index contributed by atoms with van der Waals surface area (Å²) in [6.45, 7) is 11.3. The number of nitrogens with zero attached hydrogens (tertiary/aromatic N) is 1. The summed E-state index contributed by atoms with van der Waals surface area (Å²) < 4.78 is 0. The first-order valence-corrected chi connectivity index (χ1v) is 14.5. The Kier molecular flexibility index (Phi) is 9.18. The van der Waals surface area contributed by atoms with Crippen LogP contribution < -0.4 is 16.0 Å². The molecule has 2 aromatic rings. The van der Waals surface area contributed by atoms with Gasteiger partial charge in [0.1, 0.15) is 0 Å². The Morgan fingerprint density at radius 3 is 1.98 bits per heavy atom. The van der Waals surface area contributed by atoms with Crippen LogP contribution in [-0.2, 0) is 32.0 Å². The van der Waals surface area contributed by atoms with E-state index < -0.39 is 11.9 Å². The second kappa shape index (κ2) is 12.6. The van der Waals surface area contributed by atoms with Gasteiger partial charge < -0.3 is 25.5 Å². The van der Waals surface area contributed by atoms with Crippen LogP contribution in [-0.4, -0.2) is 49.6 Å². The highest BCUT2D eigenvalue weighted by Crippen LogP contribution is 2.28. The number of amides is 2. The first-order valence-electron chi connectivity index (χ1n) is 14.5. The Labute approximate surface area is 249 Å². The number of carboxylic acid groups (broad SMARTS) is 2. The molecular formula is C33H38N4O6. The molecule has 0 unspecified atom stereocenters. The largest absolute Gasteiger partial charge is 0.481 e. The highest BCUT2D eigenvalue weighted by atomic mass is 16.4. The van der Waals surface area contributed by atoms with Gasteiger partial charge in [0.25, 0.3) is 11.8 Å². The summed E-state index contributed by atoms with van der Waals surface area (Å²) >= 11 is 0. The number of carbonyl (C=O) groups excluding carboxylic acids is 2. The van der Waals surface area contributed by atoms with Crippen LogP contribution in [0.5, 0.6) is 0 Å². The SMILES string of the molecule is CCC1=C(C)C(=O)N=C1/C=c1/[nH]/c(=C\c2[nH]c(/C=C3\NC(=O)C(C)=C3CC)c(CCC(=O)O)c2C)c(C)c1CCC(=O)O. The maximum atomic E-state index is 12.3. The van der Waals surface area contributed by atoms with Gasteiger partial charge >= 0.3 is 11.9 Å². The molecule has 0 atom stereocenters. The molecule has 0 bridgehead atoms. The average Bonchev–Trinajstić information content (AvgIpc) is 3.59. The van der Waals surface area contributed by atoms with E-state index in [0.717, 1.165) is 50.1 Å². The molecule has 0 fully saturated rings.